The number of nitro benzene ring substituents is 1. The number of nitrogens with zero attached hydrogens (tertiary/aromatic N) is 1. The molecule has 0 fully saturated rings. The largest absolute Gasteiger partial charge is 0.384 e. The van der Waals surface area contributed by atoms with Gasteiger partial charge in [-0.15, -0.1) is 0 Å². The number of aliphatic hydroxyl groups is 1. The van der Waals surface area contributed by atoms with Crippen LogP contribution in [-0.4, -0.2) is 29.2 Å². The Kier molecular flexibility index (Phi) is 5.32. The smallest absolute Gasteiger partial charge is 0.320 e. The van der Waals surface area contributed by atoms with Crippen molar-refractivity contribution in [2.24, 2.45) is 0 Å². The Morgan fingerprint density at radius 1 is 1.47 bits per heavy atom. The van der Waals surface area contributed by atoms with E-state index in [1.54, 1.807) is 13.0 Å². The van der Waals surface area contributed by atoms with Gasteiger partial charge in [-0.1, -0.05) is 17.9 Å². The monoisotopic (exact) mass is 263 g/mol. The highest BCUT2D eigenvalue weighted by atomic mass is 16.6. The van der Waals surface area contributed by atoms with Gasteiger partial charge in [-0.3, -0.25) is 10.1 Å². The SMILES string of the molecule is Cc1c(NC(=O)NCC#CCO)cccc1[N+](=O)[O-]. The molecule has 100 valence electrons. The number of carbonyl (C=O) groups is 1. The third-order valence-corrected chi connectivity index (χ3v) is 2.29. The number of hydrogen-bond donors (Lipinski definition) is 3. The van der Waals surface area contributed by atoms with Gasteiger partial charge in [0.15, 0.2) is 0 Å². The molecule has 7 heteroatoms. The molecule has 0 aliphatic heterocycles. The van der Waals surface area contributed by atoms with E-state index in [1.165, 1.54) is 12.1 Å². The molecule has 0 saturated heterocycles. The number of urea groups is 1. The molecule has 0 spiro atoms. The number of amides is 2. The lowest BCUT2D eigenvalue weighted by molar-refractivity contribution is -0.385. The second kappa shape index (κ2) is 6.98. The van der Waals surface area contributed by atoms with Crippen LogP contribution in [0.5, 0.6) is 0 Å². The first-order valence-corrected chi connectivity index (χ1v) is 5.41. The predicted molar refractivity (Wildman–Crippen MR) is 69.7 cm³/mol. The summed E-state index contributed by atoms with van der Waals surface area (Å²) in [6, 6.07) is 3.91. The Balaban J connectivity index is 2.69. The fourth-order valence-corrected chi connectivity index (χ4v) is 1.37. The number of nitro groups is 1. The minimum Gasteiger partial charge on any atom is -0.384 e. The first kappa shape index (κ1) is 14.5. The summed E-state index contributed by atoms with van der Waals surface area (Å²) in [5.74, 6) is 4.89. The van der Waals surface area contributed by atoms with E-state index in [1.807, 2.05) is 0 Å². The molecular formula is C12H13N3O4. The molecular weight excluding hydrogens is 250 g/mol. The molecule has 2 amide bonds. The van der Waals surface area contributed by atoms with Crippen molar-refractivity contribution in [2.45, 2.75) is 6.92 Å². The summed E-state index contributed by atoms with van der Waals surface area (Å²) in [5, 5.41) is 24.1. The van der Waals surface area contributed by atoms with E-state index in [2.05, 4.69) is 22.5 Å². The molecule has 1 rings (SSSR count). The molecule has 3 N–H and O–H groups in total. The molecule has 0 unspecified atom stereocenters. The minimum absolute atomic E-state index is 0.0575. The molecule has 0 saturated carbocycles. The molecule has 0 bridgehead atoms. The van der Waals surface area contributed by atoms with Crippen molar-refractivity contribution < 1.29 is 14.8 Å². The van der Waals surface area contributed by atoms with Crippen LogP contribution in [0.25, 0.3) is 0 Å². The van der Waals surface area contributed by atoms with Crippen molar-refractivity contribution >= 4 is 17.4 Å². The maximum atomic E-state index is 11.5. The van der Waals surface area contributed by atoms with E-state index in [-0.39, 0.29) is 18.8 Å². The minimum atomic E-state index is -0.518. The Hall–Kier alpha value is -2.59. The van der Waals surface area contributed by atoms with Gasteiger partial charge in [0.2, 0.25) is 0 Å². The lowest BCUT2D eigenvalue weighted by Crippen LogP contribution is -2.29. The fraction of sp³-hybridized carbons (Fsp3) is 0.250. The van der Waals surface area contributed by atoms with E-state index < -0.39 is 11.0 Å². The van der Waals surface area contributed by atoms with Gasteiger partial charge in [0.1, 0.15) is 6.61 Å². The Morgan fingerprint density at radius 3 is 2.84 bits per heavy atom. The van der Waals surface area contributed by atoms with E-state index in [0.717, 1.165) is 0 Å². The van der Waals surface area contributed by atoms with E-state index in [9.17, 15) is 14.9 Å². The van der Waals surface area contributed by atoms with Gasteiger partial charge in [0, 0.05) is 6.07 Å². The lowest BCUT2D eigenvalue weighted by atomic mass is 10.1. The van der Waals surface area contributed by atoms with Crippen molar-refractivity contribution in [3.63, 3.8) is 0 Å². The van der Waals surface area contributed by atoms with E-state index >= 15 is 0 Å². The highest BCUT2D eigenvalue weighted by Crippen LogP contribution is 2.24. The predicted octanol–water partition coefficient (Wildman–Crippen LogP) is 1.02. The summed E-state index contributed by atoms with van der Waals surface area (Å²) in [7, 11) is 0. The van der Waals surface area contributed by atoms with Gasteiger partial charge in [0.05, 0.1) is 22.7 Å². The molecule has 0 radical (unpaired) electrons. The molecule has 1 aromatic carbocycles. The van der Waals surface area contributed by atoms with Crippen molar-refractivity contribution in [1.29, 1.82) is 0 Å². The molecule has 0 atom stereocenters. The average Bonchev–Trinajstić information content (AvgIpc) is 2.37. The number of hydrogen-bond acceptors (Lipinski definition) is 4. The number of carbonyl (C=O) groups excluding carboxylic acids is 1. The third-order valence-electron chi connectivity index (χ3n) is 2.29. The maximum absolute atomic E-state index is 11.5. The summed E-state index contributed by atoms with van der Waals surface area (Å²) in [6.07, 6.45) is 0. The Morgan fingerprint density at radius 2 is 2.21 bits per heavy atom. The number of nitrogens with one attached hydrogen (secondary N) is 2. The van der Waals surface area contributed by atoms with Crippen molar-refractivity contribution in [2.75, 3.05) is 18.5 Å². The first-order valence-electron chi connectivity index (χ1n) is 5.41. The second-order valence-electron chi connectivity index (χ2n) is 3.53. The van der Waals surface area contributed by atoms with Crippen LogP contribution in [0.15, 0.2) is 18.2 Å². The van der Waals surface area contributed by atoms with Crippen molar-refractivity contribution in [3.05, 3.63) is 33.9 Å². The zero-order chi connectivity index (χ0) is 14.3. The van der Waals surface area contributed by atoms with E-state index in [0.29, 0.717) is 11.3 Å². The Labute approximate surface area is 109 Å². The molecule has 19 heavy (non-hydrogen) atoms. The molecule has 0 aromatic heterocycles. The summed E-state index contributed by atoms with van der Waals surface area (Å²) >= 11 is 0. The average molecular weight is 263 g/mol. The lowest BCUT2D eigenvalue weighted by Gasteiger charge is -2.08. The third kappa shape index (κ3) is 4.29. The number of benzene rings is 1. The van der Waals surface area contributed by atoms with Gasteiger partial charge < -0.3 is 15.7 Å². The van der Waals surface area contributed by atoms with Crippen molar-refractivity contribution in [1.82, 2.24) is 5.32 Å². The maximum Gasteiger partial charge on any atom is 0.320 e. The summed E-state index contributed by atoms with van der Waals surface area (Å²) in [4.78, 5) is 21.7. The normalized spacial score (nSPS) is 9.16. The summed E-state index contributed by atoms with van der Waals surface area (Å²) < 4.78 is 0. The van der Waals surface area contributed by atoms with Gasteiger partial charge in [0.25, 0.3) is 5.69 Å². The summed E-state index contributed by atoms with van der Waals surface area (Å²) in [5.41, 5.74) is 0.684. The highest BCUT2D eigenvalue weighted by Gasteiger charge is 2.14. The van der Waals surface area contributed by atoms with Crippen molar-refractivity contribution in [3.8, 4) is 11.8 Å². The van der Waals surface area contributed by atoms with Crippen LogP contribution >= 0.6 is 0 Å². The standard InChI is InChI=1S/C12H13N3O4/c1-9-10(5-4-6-11(9)15(18)19)14-12(17)13-7-2-3-8-16/h4-6,16H,7-8H2,1H3,(H2,13,14,17). The first-order chi connectivity index (χ1) is 9.06. The van der Waals surface area contributed by atoms with Gasteiger partial charge in [-0.25, -0.2) is 4.79 Å². The van der Waals surface area contributed by atoms with Crippen LogP contribution in [-0.2, 0) is 0 Å². The van der Waals surface area contributed by atoms with Crippen LogP contribution in [0.2, 0.25) is 0 Å². The molecule has 0 aliphatic carbocycles. The van der Waals surface area contributed by atoms with Gasteiger partial charge >= 0.3 is 6.03 Å². The number of rotatable bonds is 3. The van der Waals surface area contributed by atoms with Crippen LogP contribution in [0.1, 0.15) is 5.56 Å². The highest BCUT2D eigenvalue weighted by molar-refractivity contribution is 5.90. The van der Waals surface area contributed by atoms with Gasteiger partial charge in [-0.05, 0) is 13.0 Å². The second-order valence-corrected chi connectivity index (χ2v) is 3.53. The number of aliphatic hydroxyl groups excluding tert-OH is 1. The van der Waals surface area contributed by atoms with E-state index in [4.69, 9.17) is 5.11 Å². The molecule has 7 nitrogen and oxygen atoms in total. The quantitative estimate of drug-likeness (QED) is 0.430. The van der Waals surface area contributed by atoms with Crippen LogP contribution in [0.3, 0.4) is 0 Å². The van der Waals surface area contributed by atoms with Crippen LogP contribution in [0.4, 0.5) is 16.2 Å². The molecule has 1 aromatic rings. The zero-order valence-corrected chi connectivity index (χ0v) is 10.3. The molecule has 0 aliphatic rings. The Bertz CT molecular complexity index is 546. The van der Waals surface area contributed by atoms with Crippen LogP contribution in [0, 0.1) is 28.9 Å². The zero-order valence-electron chi connectivity index (χ0n) is 10.3. The summed E-state index contributed by atoms with van der Waals surface area (Å²) in [6.45, 7) is 1.37. The van der Waals surface area contributed by atoms with Gasteiger partial charge in [-0.2, -0.15) is 0 Å². The topological polar surface area (TPSA) is 104 Å². The number of anilines is 1. The van der Waals surface area contributed by atoms with Crippen LogP contribution < -0.4 is 10.6 Å². The fourth-order valence-electron chi connectivity index (χ4n) is 1.37. The molecule has 0 heterocycles.